The van der Waals surface area contributed by atoms with Gasteiger partial charge < -0.3 is 20.1 Å². The van der Waals surface area contributed by atoms with Crippen LogP contribution in [0, 0.1) is 6.92 Å². The second-order valence-corrected chi connectivity index (χ2v) is 11.2. The third-order valence-corrected chi connectivity index (χ3v) is 7.93. The number of aryl methyl sites for hydroxylation is 1. The number of carbonyl (C=O) groups is 1. The number of carbonyl (C=O) groups excluding carboxylic acids is 1. The van der Waals surface area contributed by atoms with Gasteiger partial charge in [-0.15, -0.1) is 0 Å². The molecule has 1 aliphatic heterocycles. The summed E-state index contributed by atoms with van der Waals surface area (Å²) in [6, 6.07) is 22.8. The number of imidazole rings is 1. The Hall–Kier alpha value is -4.31. The number of urea groups is 1. The Morgan fingerprint density at radius 3 is 2.23 bits per heavy atom. The molecule has 1 aromatic heterocycles. The molecular weight excluding hydrogens is 553 g/mol. The predicted octanol–water partition coefficient (Wildman–Crippen LogP) is 7.17. The van der Waals surface area contributed by atoms with Crippen molar-refractivity contribution in [2.24, 2.45) is 0 Å². The molecule has 43 heavy (non-hydrogen) atoms. The third-order valence-electron chi connectivity index (χ3n) is 7.93. The highest BCUT2D eigenvalue weighted by Crippen LogP contribution is 2.31. The van der Waals surface area contributed by atoms with Gasteiger partial charge in [0.15, 0.2) is 0 Å². The van der Waals surface area contributed by atoms with E-state index in [1.807, 2.05) is 85.4 Å². The van der Waals surface area contributed by atoms with Crippen molar-refractivity contribution < 1.29 is 18.0 Å². The summed E-state index contributed by atoms with van der Waals surface area (Å²) < 4.78 is 38.9. The minimum absolute atomic E-state index is 0.0699. The van der Waals surface area contributed by atoms with Crippen molar-refractivity contribution in [1.29, 1.82) is 0 Å². The summed E-state index contributed by atoms with van der Waals surface area (Å²) in [5.74, 6) is 0.556. The Labute approximate surface area is 250 Å². The first kappa shape index (κ1) is 30.2. The van der Waals surface area contributed by atoms with Gasteiger partial charge in [0, 0.05) is 68.9 Å². The third kappa shape index (κ3) is 7.56. The standard InChI is InChI=1S/C33H37F3N6O/c1-23-30(39-31(37-23)25-9-11-26(12-10-25)33(34,35)36)22-41-19-17-29(18-20-41)42(21-24-7-5-4-6-8-24)32(43)38-27-13-15-28(16-14-27)40(2)3/h4-16,29H,17-22H2,1-3H3,(H,37,39)(H,38,43). The van der Waals surface area contributed by atoms with Crippen molar-refractivity contribution in [3.63, 3.8) is 0 Å². The number of aromatic nitrogens is 2. The largest absolute Gasteiger partial charge is 0.416 e. The Morgan fingerprint density at radius 1 is 0.977 bits per heavy atom. The Bertz CT molecular complexity index is 1490. The average Bonchev–Trinajstić information content (AvgIpc) is 3.36. The first-order valence-electron chi connectivity index (χ1n) is 14.4. The van der Waals surface area contributed by atoms with Crippen LogP contribution < -0.4 is 10.2 Å². The van der Waals surface area contributed by atoms with E-state index in [0.29, 0.717) is 24.5 Å². The van der Waals surface area contributed by atoms with E-state index in [4.69, 9.17) is 4.98 Å². The van der Waals surface area contributed by atoms with Crippen molar-refractivity contribution >= 4 is 17.4 Å². The fraction of sp³-hybridized carbons (Fsp3) is 0.333. The molecule has 1 fully saturated rings. The number of H-pyrrole nitrogens is 1. The second kappa shape index (κ2) is 12.9. The number of amides is 2. The normalized spacial score (nSPS) is 14.5. The zero-order valence-corrected chi connectivity index (χ0v) is 24.7. The number of nitrogens with zero attached hydrogens (tertiary/aromatic N) is 4. The van der Waals surface area contributed by atoms with Gasteiger partial charge in [0.2, 0.25) is 0 Å². The lowest BCUT2D eigenvalue weighted by Gasteiger charge is -2.38. The molecule has 0 atom stereocenters. The molecule has 7 nitrogen and oxygen atoms in total. The maximum absolute atomic E-state index is 13.6. The molecule has 0 saturated carbocycles. The van der Waals surface area contributed by atoms with Gasteiger partial charge in [0.05, 0.1) is 11.3 Å². The Morgan fingerprint density at radius 2 is 1.63 bits per heavy atom. The van der Waals surface area contributed by atoms with Crippen molar-refractivity contribution in [2.45, 2.75) is 45.1 Å². The van der Waals surface area contributed by atoms with E-state index in [9.17, 15) is 18.0 Å². The Kier molecular flexibility index (Phi) is 9.05. The minimum Gasteiger partial charge on any atom is -0.378 e. The number of hydrogen-bond donors (Lipinski definition) is 2. The van der Waals surface area contributed by atoms with Crippen LogP contribution in [-0.2, 0) is 19.3 Å². The predicted molar refractivity (Wildman–Crippen MR) is 164 cm³/mol. The van der Waals surface area contributed by atoms with Gasteiger partial charge in [-0.25, -0.2) is 9.78 Å². The SMILES string of the molecule is Cc1[nH]c(-c2ccc(C(F)(F)F)cc2)nc1CN1CCC(N(Cc2ccccc2)C(=O)Nc2ccc(N(C)C)cc2)CC1. The van der Waals surface area contributed by atoms with Gasteiger partial charge in [-0.1, -0.05) is 42.5 Å². The van der Waals surface area contributed by atoms with Gasteiger partial charge in [0.25, 0.3) is 0 Å². The molecule has 0 radical (unpaired) electrons. The van der Waals surface area contributed by atoms with Gasteiger partial charge in [0.1, 0.15) is 5.82 Å². The average molecular weight is 591 g/mol. The maximum Gasteiger partial charge on any atom is 0.416 e. The van der Waals surface area contributed by atoms with Crippen LogP contribution in [-0.4, -0.2) is 59.0 Å². The summed E-state index contributed by atoms with van der Waals surface area (Å²) in [5, 5.41) is 3.09. The van der Waals surface area contributed by atoms with Gasteiger partial charge >= 0.3 is 12.2 Å². The lowest BCUT2D eigenvalue weighted by atomic mass is 10.0. The topological polar surface area (TPSA) is 67.5 Å². The highest BCUT2D eigenvalue weighted by atomic mass is 19.4. The fourth-order valence-electron chi connectivity index (χ4n) is 5.39. The molecule has 2 heterocycles. The highest BCUT2D eigenvalue weighted by molar-refractivity contribution is 5.89. The molecule has 226 valence electrons. The number of benzene rings is 3. The quantitative estimate of drug-likeness (QED) is 0.228. The fourth-order valence-corrected chi connectivity index (χ4v) is 5.39. The molecule has 0 unspecified atom stereocenters. The van der Waals surface area contributed by atoms with E-state index in [2.05, 4.69) is 15.2 Å². The molecule has 2 amide bonds. The smallest absolute Gasteiger partial charge is 0.378 e. The first-order valence-corrected chi connectivity index (χ1v) is 14.4. The minimum atomic E-state index is -4.37. The van der Waals surface area contributed by atoms with Crippen LogP contribution >= 0.6 is 0 Å². The maximum atomic E-state index is 13.6. The summed E-state index contributed by atoms with van der Waals surface area (Å²) in [5.41, 5.74) is 4.58. The molecule has 10 heteroatoms. The van der Waals surface area contributed by atoms with Crippen molar-refractivity contribution in [2.75, 3.05) is 37.4 Å². The van der Waals surface area contributed by atoms with Crippen LogP contribution in [0.3, 0.4) is 0 Å². The van der Waals surface area contributed by atoms with E-state index in [1.54, 1.807) is 0 Å². The van der Waals surface area contributed by atoms with E-state index < -0.39 is 11.7 Å². The number of rotatable bonds is 8. The molecule has 1 saturated heterocycles. The van der Waals surface area contributed by atoms with Crippen LogP contribution in [0.15, 0.2) is 78.9 Å². The summed E-state index contributed by atoms with van der Waals surface area (Å²) in [6.07, 6.45) is -2.74. The molecule has 0 spiro atoms. The van der Waals surface area contributed by atoms with E-state index in [1.165, 1.54) is 12.1 Å². The second-order valence-electron chi connectivity index (χ2n) is 11.2. The lowest BCUT2D eigenvalue weighted by Crippen LogP contribution is -2.48. The number of alkyl halides is 3. The molecule has 0 aliphatic carbocycles. The molecule has 5 rings (SSSR count). The van der Waals surface area contributed by atoms with Crippen LogP contribution in [0.1, 0.15) is 35.4 Å². The number of piperidine rings is 1. The molecular formula is C33H37F3N6O. The van der Waals surface area contributed by atoms with Gasteiger partial charge in [-0.05, 0) is 61.7 Å². The summed E-state index contributed by atoms with van der Waals surface area (Å²) >= 11 is 0. The van der Waals surface area contributed by atoms with Gasteiger partial charge in [-0.3, -0.25) is 4.90 Å². The van der Waals surface area contributed by atoms with Crippen LogP contribution in [0.4, 0.5) is 29.3 Å². The van der Waals surface area contributed by atoms with E-state index in [0.717, 1.165) is 66.4 Å². The lowest BCUT2D eigenvalue weighted by molar-refractivity contribution is -0.137. The molecule has 3 aromatic carbocycles. The van der Waals surface area contributed by atoms with Crippen LogP contribution in [0.2, 0.25) is 0 Å². The monoisotopic (exact) mass is 590 g/mol. The van der Waals surface area contributed by atoms with Gasteiger partial charge in [-0.2, -0.15) is 13.2 Å². The number of anilines is 2. The number of nitrogens with one attached hydrogen (secondary N) is 2. The first-order chi connectivity index (χ1) is 20.6. The van der Waals surface area contributed by atoms with Crippen molar-refractivity contribution in [1.82, 2.24) is 19.8 Å². The van der Waals surface area contributed by atoms with Crippen molar-refractivity contribution in [3.05, 3.63) is 101 Å². The number of halogens is 3. The highest BCUT2D eigenvalue weighted by Gasteiger charge is 2.31. The molecule has 0 bridgehead atoms. The molecule has 2 N–H and O–H groups in total. The zero-order valence-electron chi connectivity index (χ0n) is 24.7. The Balaban J connectivity index is 1.23. The zero-order chi connectivity index (χ0) is 30.6. The molecule has 1 aliphatic rings. The summed E-state index contributed by atoms with van der Waals surface area (Å²) in [4.78, 5) is 27.8. The van der Waals surface area contributed by atoms with Crippen LogP contribution in [0.5, 0.6) is 0 Å². The summed E-state index contributed by atoms with van der Waals surface area (Å²) in [7, 11) is 3.96. The van der Waals surface area contributed by atoms with Crippen molar-refractivity contribution in [3.8, 4) is 11.4 Å². The van der Waals surface area contributed by atoms with E-state index in [-0.39, 0.29) is 12.1 Å². The number of aromatic amines is 1. The van der Waals surface area contributed by atoms with Crippen LogP contribution in [0.25, 0.3) is 11.4 Å². The van der Waals surface area contributed by atoms with E-state index >= 15 is 0 Å². The number of hydrogen-bond acceptors (Lipinski definition) is 4. The molecule has 4 aromatic rings. The summed E-state index contributed by atoms with van der Waals surface area (Å²) in [6.45, 7) is 4.66. The number of likely N-dealkylation sites (tertiary alicyclic amines) is 1.